The first-order valence-electron chi connectivity index (χ1n) is 7.59. The average molecular weight is 351 g/mol. The molecule has 4 aromatic rings. The van der Waals surface area contributed by atoms with Crippen LogP contribution in [-0.4, -0.2) is 15.2 Å². The van der Waals surface area contributed by atoms with Crippen molar-refractivity contribution in [1.82, 2.24) is 15.2 Å². The molecular formula is C19H12ClFN4. The van der Waals surface area contributed by atoms with Gasteiger partial charge < -0.3 is 5.32 Å². The number of fused-ring (bicyclic) bond motifs is 1. The van der Waals surface area contributed by atoms with Gasteiger partial charge in [0.15, 0.2) is 0 Å². The zero-order valence-corrected chi connectivity index (χ0v) is 13.7. The van der Waals surface area contributed by atoms with E-state index in [4.69, 9.17) is 11.6 Å². The third-order valence-corrected chi connectivity index (χ3v) is 4.02. The van der Waals surface area contributed by atoms with Crippen LogP contribution in [0.25, 0.3) is 22.2 Å². The molecule has 0 fully saturated rings. The number of halogens is 2. The monoisotopic (exact) mass is 350 g/mol. The summed E-state index contributed by atoms with van der Waals surface area (Å²) in [4.78, 5) is 4.58. The number of para-hydroxylation sites is 1. The first-order valence-corrected chi connectivity index (χ1v) is 7.97. The third kappa shape index (κ3) is 3.14. The van der Waals surface area contributed by atoms with E-state index >= 15 is 0 Å². The maximum absolute atomic E-state index is 14.3. The number of pyridine rings is 1. The molecular weight excluding hydrogens is 339 g/mol. The van der Waals surface area contributed by atoms with Crippen LogP contribution in [0, 0.1) is 5.82 Å². The molecule has 0 radical (unpaired) electrons. The van der Waals surface area contributed by atoms with E-state index in [1.807, 2.05) is 30.3 Å². The highest BCUT2D eigenvalue weighted by Gasteiger charge is 2.12. The Bertz CT molecular complexity index is 1050. The van der Waals surface area contributed by atoms with Crippen molar-refractivity contribution in [2.45, 2.75) is 0 Å². The lowest BCUT2D eigenvalue weighted by Crippen LogP contribution is -1.97. The van der Waals surface area contributed by atoms with E-state index in [-0.39, 0.29) is 5.82 Å². The van der Waals surface area contributed by atoms with E-state index in [9.17, 15) is 4.39 Å². The number of hydrogen-bond donors (Lipinski definition) is 1. The smallest absolute Gasteiger partial charge is 0.132 e. The van der Waals surface area contributed by atoms with Crippen molar-refractivity contribution in [2.24, 2.45) is 0 Å². The van der Waals surface area contributed by atoms with Crippen molar-refractivity contribution in [3.63, 3.8) is 0 Å². The second-order valence-electron chi connectivity index (χ2n) is 5.45. The molecule has 25 heavy (non-hydrogen) atoms. The molecule has 6 heteroatoms. The Balaban J connectivity index is 1.91. The van der Waals surface area contributed by atoms with Crippen molar-refractivity contribution in [2.75, 3.05) is 5.32 Å². The number of benzene rings is 2. The molecule has 0 unspecified atom stereocenters. The highest BCUT2D eigenvalue weighted by atomic mass is 35.5. The summed E-state index contributed by atoms with van der Waals surface area (Å²) in [5.41, 5.74) is 3.19. The van der Waals surface area contributed by atoms with Gasteiger partial charge in [0.1, 0.15) is 5.82 Å². The minimum atomic E-state index is -0.372. The summed E-state index contributed by atoms with van der Waals surface area (Å²) in [6, 6.07) is 15.7. The van der Waals surface area contributed by atoms with E-state index in [2.05, 4.69) is 20.5 Å². The number of anilines is 2. The van der Waals surface area contributed by atoms with Gasteiger partial charge in [0.2, 0.25) is 0 Å². The molecule has 1 N–H and O–H groups in total. The molecule has 0 atom stereocenters. The highest BCUT2D eigenvalue weighted by molar-refractivity contribution is 6.30. The lowest BCUT2D eigenvalue weighted by molar-refractivity contribution is 0.631. The minimum Gasteiger partial charge on any atom is -0.354 e. The van der Waals surface area contributed by atoms with E-state index in [1.54, 1.807) is 24.5 Å². The average Bonchev–Trinajstić information content (AvgIpc) is 2.64. The highest BCUT2D eigenvalue weighted by Crippen LogP contribution is 2.32. The van der Waals surface area contributed by atoms with Crippen molar-refractivity contribution >= 4 is 33.9 Å². The molecule has 2 aromatic carbocycles. The topological polar surface area (TPSA) is 50.7 Å². The standard InChI is InChI=1S/C19H12ClFN4/c20-12-5-6-16(21)15(9-12)19-10-18(24-13-7-8-22-23-11-13)14-3-1-2-4-17(14)25-19/h1-11H,(H,22,24,25). The lowest BCUT2D eigenvalue weighted by atomic mass is 10.1. The van der Waals surface area contributed by atoms with Gasteiger partial charge in [0, 0.05) is 16.0 Å². The van der Waals surface area contributed by atoms with Crippen LogP contribution in [0.2, 0.25) is 5.02 Å². The number of rotatable bonds is 3. The Morgan fingerprint density at radius 2 is 1.84 bits per heavy atom. The molecule has 2 aromatic heterocycles. The number of hydrogen-bond acceptors (Lipinski definition) is 4. The van der Waals surface area contributed by atoms with E-state index < -0.39 is 0 Å². The Kier molecular flexibility index (Phi) is 3.99. The first kappa shape index (κ1) is 15.5. The van der Waals surface area contributed by atoms with E-state index in [0.717, 1.165) is 22.3 Å². The second kappa shape index (κ2) is 6.45. The summed E-state index contributed by atoms with van der Waals surface area (Å²) < 4.78 is 14.3. The van der Waals surface area contributed by atoms with Crippen molar-refractivity contribution in [1.29, 1.82) is 0 Å². The van der Waals surface area contributed by atoms with Crippen LogP contribution in [0.15, 0.2) is 67.0 Å². The molecule has 0 saturated heterocycles. The minimum absolute atomic E-state index is 0.356. The van der Waals surface area contributed by atoms with Crippen LogP contribution < -0.4 is 5.32 Å². The number of nitrogens with zero attached hydrogens (tertiary/aromatic N) is 3. The third-order valence-electron chi connectivity index (χ3n) is 3.78. The Hall–Kier alpha value is -3.05. The molecule has 0 spiro atoms. The van der Waals surface area contributed by atoms with Gasteiger partial charge in [-0.3, -0.25) is 0 Å². The zero-order chi connectivity index (χ0) is 17.2. The predicted molar refractivity (Wildman–Crippen MR) is 97.5 cm³/mol. The molecule has 0 aliphatic carbocycles. The van der Waals surface area contributed by atoms with Crippen LogP contribution in [0.4, 0.5) is 15.8 Å². The van der Waals surface area contributed by atoms with Gasteiger partial charge >= 0.3 is 0 Å². The van der Waals surface area contributed by atoms with Gasteiger partial charge in [-0.2, -0.15) is 10.2 Å². The molecule has 0 aliphatic rings. The summed E-state index contributed by atoms with van der Waals surface area (Å²) >= 11 is 6.03. The molecule has 122 valence electrons. The largest absolute Gasteiger partial charge is 0.354 e. The maximum atomic E-state index is 14.3. The zero-order valence-electron chi connectivity index (χ0n) is 12.9. The van der Waals surface area contributed by atoms with Gasteiger partial charge in [-0.1, -0.05) is 29.8 Å². The summed E-state index contributed by atoms with van der Waals surface area (Å²) in [6.45, 7) is 0. The summed E-state index contributed by atoms with van der Waals surface area (Å²) in [7, 11) is 0. The summed E-state index contributed by atoms with van der Waals surface area (Å²) in [5, 5.41) is 12.3. The van der Waals surface area contributed by atoms with Crippen molar-refractivity contribution < 1.29 is 4.39 Å². The second-order valence-corrected chi connectivity index (χ2v) is 5.89. The molecule has 4 rings (SSSR count). The maximum Gasteiger partial charge on any atom is 0.132 e. The molecule has 0 bridgehead atoms. The van der Waals surface area contributed by atoms with Crippen LogP contribution in [0.3, 0.4) is 0 Å². The van der Waals surface area contributed by atoms with Gasteiger partial charge in [-0.05, 0) is 36.4 Å². The molecule has 0 aliphatic heterocycles. The quantitative estimate of drug-likeness (QED) is 0.549. The number of aromatic nitrogens is 3. The van der Waals surface area contributed by atoms with Crippen molar-refractivity contribution in [3.8, 4) is 11.3 Å². The Labute approximate surface area is 148 Å². The van der Waals surface area contributed by atoms with Crippen LogP contribution in [-0.2, 0) is 0 Å². The molecule has 0 saturated carbocycles. The Morgan fingerprint density at radius 3 is 2.68 bits per heavy atom. The van der Waals surface area contributed by atoms with Gasteiger partial charge in [-0.15, -0.1) is 0 Å². The van der Waals surface area contributed by atoms with Crippen LogP contribution >= 0.6 is 11.6 Å². The SMILES string of the molecule is Fc1ccc(Cl)cc1-c1cc(Nc2ccnnc2)c2ccccc2n1. The number of nitrogens with one attached hydrogen (secondary N) is 1. The molecule has 0 amide bonds. The summed E-state index contributed by atoms with van der Waals surface area (Å²) in [5.74, 6) is -0.372. The lowest BCUT2D eigenvalue weighted by Gasteiger charge is -2.12. The normalized spacial score (nSPS) is 10.8. The fraction of sp³-hybridized carbons (Fsp3) is 0. The van der Waals surface area contributed by atoms with Gasteiger partial charge in [0.25, 0.3) is 0 Å². The molecule has 4 nitrogen and oxygen atoms in total. The fourth-order valence-electron chi connectivity index (χ4n) is 2.63. The van der Waals surface area contributed by atoms with Crippen LogP contribution in [0.1, 0.15) is 0 Å². The van der Waals surface area contributed by atoms with Gasteiger partial charge in [0.05, 0.1) is 35.0 Å². The first-order chi connectivity index (χ1) is 12.2. The molecule has 2 heterocycles. The predicted octanol–water partition coefficient (Wildman–Crippen LogP) is 5.23. The van der Waals surface area contributed by atoms with Crippen molar-refractivity contribution in [3.05, 3.63) is 77.8 Å². The van der Waals surface area contributed by atoms with Crippen LogP contribution in [0.5, 0.6) is 0 Å². The fourth-order valence-corrected chi connectivity index (χ4v) is 2.80. The van der Waals surface area contributed by atoms with E-state index in [0.29, 0.717) is 16.3 Å². The van der Waals surface area contributed by atoms with Gasteiger partial charge in [-0.25, -0.2) is 9.37 Å². The summed E-state index contributed by atoms with van der Waals surface area (Å²) in [6.07, 6.45) is 3.22. The Morgan fingerprint density at radius 1 is 0.960 bits per heavy atom. The van der Waals surface area contributed by atoms with E-state index in [1.165, 1.54) is 12.1 Å².